The molecule has 0 radical (unpaired) electrons. The van der Waals surface area contributed by atoms with Crippen LogP contribution in [0.5, 0.6) is 0 Å². The lowest BCUT2D eigenvalue weighted by Crippen LogP contribution is -2.37. The van der Waals surface area contributed by atoms with Gasteiger partial charge in [0.15, 0.2) is 0 Å². The van der Waals surface area contributed by atoms with Gasteiger partial charge in [-0.15, -0.1) is 6.42 Å². The van der Waals surface area contributed by atoms with Crippen molar-refractivity contribution >= 4 is 28.5 Å². The van der Waals surface area contributed by atoms with Crippen LogP contribution in [0.15, 0.2) is 18.2 Å². The van der Waals surface area contributed by atoms with E-state index in [1.54, 1.807) is 0 Å². The van der Waals surface area contributed by atoms with E-state index in [1.807, 2.05) is 36.4 Å². The highest BCUT2D eigenvalue weighted by Crippen LogP contribution is 2.14. The summed E-state index contributed by atoms with van der Waals surface area (Å²) in [5.74, 6) is 2.05. The Balaban J connectivity index is 2.87. The Labute approximate surface area is 114 Å². The Morgan fingerprint density at radius 3 is 2.65 bits per heavy atom. The third kappa shape index (κ3) is 3.70. The first-order chi connectivity index (χ1) is 7.95. The molecular formula is C13H13FINO. The van der Waals surface area contributed by atoms with E-state index in [4.69, 9.17) is 6.42 Å². The topological polar surface area (TPSA) is 29.1 Å². The molecule has 1 aromatic carbocycles. The lowest BCUT2D eigenvalue weighted by Gasteiger charge is -2.17. The molecule has 1 atom stereocenters. The van der Waals surface area contributed by atoms with Gasteiger partial charge in [0.1, 0.15) is 5.82 Å². The average Bonchev–Trinajstić information content (AvgIpc) is 2.24. The number of terminal acetylenes is 1. The van der Waals surface area contributed by atoms with Crippen molar-refractivity contribution in [3.05, 3.63) is 33.1 Å². The summed E-state index contributed by atoms with van der Waals surface area (Å²) in [6.45, 7) is 3.86. The molecule has 0 aromatic heterocycles. The van der Waals surface area contributed by atoms with Crippen molar-refractivity contribution in [2.75, 3.05) is 0 Å². The summed E-state index contributed by atoms with van der Waals surface area (Å²) in [7, 11) is 0. The second kappa shape index (κ2) is 6.01. The van der Waals surface area contributed by atoms with Crippen LogP contribution in [-0.2, 0) is 0 Å². The second-order valence-electron chi connectivity index (χ2n) is 3.99. The predicted molar refractivity (Wildman–Crippen MR) is 74.0 cm³/mol. The van der Waals surface area contributed by atoms with Crippen LogP contribution in [0.25, 0.3) is 0 Å². The van der Waals surface area contributed by atoms with Gasteiger partial charge in [-0.25, -0.2) is 4.39 Å². The molecule has 0 aliphatic rings. The van der Waals surface area contributed by atoms with Crippen LogP contribution in [-0.4, -0.2) is 11.9 Å². The van der Waals surface area contributed by atoms with Crippen LogP contribution in [0.4, 0.5) is 4.39 Å². The highest BCUT2D eigenvalue weighted by Gasteiger charge is 2.16. The van der Waals surface area contributed by atoms with Crippen LogP contribution in [0, 0.1) is 27.6 Å². The maximum atomic E-state index is 12.9. The van der Waals surface area contributed by atoms with Gasteiger partial charge in [0, 0.05) is 3.57 Å². The maximum absolute atomic E-state index is 12.9. The van der Waals surface area contributed by atoms with Crippen molar-refractivity contribution in [2.24, 2.45) is 5.92 Å². The summed E-state index contributed by atoms with van der Waals surface area (Å²) >= 11 is 1.92. The minimum absolute atomic E-state index is 0.155. The van der Waals surface area contributed by atoms with Gasteiger partial charge in [-0.2, -0.15) is 0 Å². The summed E-state index contributed by atoms with van der Waals surface area (Å²) in [6, 6.07) is 3.72. The standard InChI is InChI=1S/C13H13FINO/c1-4-12(8(2)3)16-13(17)10-6-5-9(14)7-11(10)15/h1,5-8,12H,2-3H3,(H,16,17)/t12-/m0/s1. The third-order valence-corrected chi connectivity index (χ3v) is 3.20. The molecule has 0 saturated heterocycles. The third-order valence-electron chi connectivity index (χ3n) is 2.31. The van der Waals surface area contributed by atoms with Gasteiger partial charge >= 0.3 is 0 Å². The Hall–Kier alpha value is -1.09. The van der Waals surface area contributed by atoms with Crippen LogP contribution in [0.1, 0.15) is 24.2 Å². The number of hydrogen-bond acceptors (Lipinski definition) is 1. The smallest absolute Gasteiger partial charge is 0.253 e. The number of hydrogen-bond donors (Lipinski definition) is 1. The molecule has 1 aromatic rings. The number of benzene rings is 1. The van der Waals surface area contributed by atoms with Gasteiger partial charge < -0.3 is 5.32 Å². The molecule has 0 aliphatic heterocycles. The van der Waals surface area contributed by atoms with Crippen molar-refractivity contribution in [3.63, 3.8) is 0 Å². The molecule has 4 heteroatoms. The summed E-state index contributed by atoms with van der Waals surface area (Å²) in [4.78, 5) is 11.9. The largest absolute Gasteiger partial charge is 0.338 e. The van der Waals surface area contributed by atoms with E-state index in [1.165, 1.54) is 18.2 Å². The molecule has 0 heterocycles. The average molecular weight is 345 g/mol. The van der Waals surface area contributed by atoms with Gasteiger partial charge in [-0.1, -0.05) is 19.8 Å². The number of nitrogens with one attached hydrogen (secondary N) is 1. The van der Waals surface area contributed by atoms with Gasteiger partial charge in [-0.3, -0.25) is 4.79 Å². The van der Waals surface area contributed by atoms with Crippen molar-refractivity contribution in [1.29, 1.82) is 0 Å². The monoisotopic (exact) mass is 345 g/mol. The van der Waals surface area contributed by atoms with E-state index in [0.717, 1.165) is 0 Å². The van der Waals surface area contributed by atoms with Gasteiger partial charge in [-0.05, 0) is 46.7 Å². The number of carbonyl (C=O) groups is 1. The van der Waals surface area contributed by atoms with Crippen LogP contribution < -0.4 is 5.32 Å². The quantitative estimate of drug-likeness (QED) is 0.663. The van der Waals surface area contributed by atoms with Gasteiger partial charge in [0.05, 0.1) is 11.6 Å². The molecule has 1 amide bonds. The zero-order valence-electron chi connectivity index (χ0n) is 9.63. The molecule has 1 rings (SSSR count). The molecular weight excluding hydrogens is 332 g/mol. The van der Waals surface area contributed by atoms with Crippen molar-refractivity contribution in [3.8, 4) is 12.3 Å². The zero-order chi connectivity index (χ0) is 13.0. The number of halogens is 2. The van der Waals surface area contributed by atoms with E-state index in [9.17, 15) is 9.18 Å². The first-order valence-corrected chi connectivity index (χ1v) is 6.25. The van der Waals surface area contributed by atoms with Crippen LogP contribution in [0.3, 0.4) is 0 Å². The minimum atomic E-state index is -0.358. The van der Waals surface area contributed by atoms with Crippen LogP contribution >= 0.6 is 22.6 Å². The van der Waals surface area contributed by atoms with Gasteiger partial charge in [0.2, 0.25) is 0 Å². The number of rotatable bonds is 3. The first-order valence-electron chi connectivity index (χ1n) is 5.17. The number of amides is 1. The van der Waals surface area contributed by atoms with E-state index in [-0.39, 0.29) is 23.7 Å². The highest BCUT2D eigenvalue weighted by atomic mass is 127. The van der Waals surface area contributed by atoms with E-state index in [2.05, 4.69) is 11.2 Å². The Morgan fingerprint density at radius 1 is 1.53 bits per heavy atom. The number of carbonyl (C=O) groups excluding carboxylic acids is 1. The normalized spacial score (nSPS) is 12.0. The molecule has 0 aliphatic carbocycles. The summed E-state index contributed by atoms with van der Waals surface area (Å²) < 4.78 is 13.5. The van der Waals surface area contributed by atoms with Gasteiger partial charge in [0.25, 0.3) is 5.91 Å². The molecule has 17 heavy (non-hydrogen) atoms. The van der Waals surface area contributed by atoms with E-state index in [0.29, 0.717) is 9.13 Å². The lowest BCUT2D eigenvalue weighted by atomic mass is 10.0. The molecule has 0 unspecified atom stereocenters. The lowest BCUT2D eigenvalue weighted by molar-refractivity contribution is 0.0937. The predicted octanol–water partition coefficient (Wildman–Crippen LogP) is 2.82. The molecule has 2 nitrogen and oxygen atoms in total. The fraction of sp³-hybridized carbons (Fsp3) is 0.308. The molecule has 0 fully saturated rings. The Bertz CT molecular complexity index is 465. The van der Waals surface area contributed by atoms with Crippen molar-refractivity contribution in [2.45, 2.75) is 19.9 Å². The fourth-order valence-electron chi connectivity index (χ4n) is 1.29. The van der Waals surface area contributed by atoms with Crippen molar-refractivity contribution in [1.82, 2.24) is 5.32 Å². The van der Waals surface area contributed by atoms with Crippen molar-refractivity contribution < 1.29 is 9.18 Å². The zero-order valence-corrected chi connectivity index (χ0v) is 11.8. The molecule has 1 N–H and O–H groups in total. The fourth-order valence-corrected chi connectivity index (χ4v) is 2.02. The summed E-state index contributed by atoms with van der Waals surface area (Å²) in [6.07, 6.45) is 5.34. The first kappa shape index (κ1) is 14.0. The van der Waals surface area contributed by atoms with E-state index < -0.39 is 0 Å². The Kier molecular flexibility index (Phi) is 4.94. The maximum Gasteiger partial charge on any atom is 0.253 e. The molecule has 0 spiro atoms. The summed E-state index contributed by atoms with van der Waals surface area (Å²) in [5, 5.41) is 2.74. The molecule has 90 valence electrons. The summed E-state index contributed by atoms with van der Waals surface area (Å²) in [5.41, 5.74) is 0.438. The molecule has 0 saturated carbocycles. The Morgan fingerprint density at radius 2 is 2.18 bits per heavy atom. The van der Waals surface area contributed by atoms with Crippen LogP contribution in [0.2, 0.25) is 0 Å². The second-order valence-corrected chi connectivity index (χ2v) is 5.15. The highest BCUT2D eigenvalue weighted by molar-refractivity contribution is 14.1. The molecule has 0 bridgehead atoms. The minimum Gasteiger partial charge on any atom is -0.338 e. The SMILES string of the molecule is C#C[C@H](NC(=O)c1ccc(F)cc1I)C(C)C. The van der Waals surface area contributed by atoms with E-state index >= 15 is 0 Å².